The summed E-state index contributed by atoms with van der Waals surface area (Å²) < 4.78 is 6.92. The van der Waals surface area contributed by atoms with Gasteiger partial charge in [0, 0.05) is 30.7 Å². The number of aliphatic hydroxyl groups excluding tert-OH is 1. The monoisotopic (exact) mass is 461 g/mol. The van der Waals surface area contributed by atoms with Gasteiger partial charge in [0.05, 0.1) is 13.2 Å². The summed E-state index contributed by atoms with van der Waals surface area (Å²) in [5, 5.41) is 27.5. The second kappa shape index (κ2) is 11.8. The minimum atomic E-state index is -0.748. The molecule has 0 unspecified atom stereocenters. The van der Waals surface area contributed by atoms with Crippen LogP contribution in [0.2, 0.25) is 0 Å². The van der Waals surface area contributed by atoms with Gasteiger partial charge in [-0.15, -0.1) is 11.3 Å². The van der Waals surface area contributed by atoms with Gasteiger partial charge in [0.15, 0.2) is 10.7 Å². The number of carbonyl (C=O) groups excluding carboxylic acids is 1. The van der Waals surface area contributed by atoms with Crippen molar-refractivity contribution in [2.75, 3.05) is 30.4 Å². The third-order valence-corrected chi connectivity index (χ3v) is 5.32. The van der Waals surface area contributed by atoms with Crippen LogP contribution in [0, 0.1) is 11.3 Å². The maximum absolute atomic E-state index is 12.7. The second-order valence-corrected chi connectivity index (χ2v) is 7.44. The van der Waals surface area contributed by atoms with E-state index < -0.39 is 5.97 Å². The van der Waals surface area contributed by atoms with Crippen molar-refractivity contribution in [1.82, 2.24) is 9.88 Å². The molecule has 2 aromatic rings. The number of esters is 1. The highest BCUT2D eigenvalue weighted by Gasteiger charge is 2.16. The second-order valence-electron chi connectivity index (χ2n) is 6.00. The van der Waals surface area contributed by atoms with Gasteiger partial charge in [-0.05, 0) is 50.3 Å². The quantitative estimate of drug-likeness (QED) is 0.324. The van der Waals surface area contributed by atoms with Crippen molar-refractivity contribution in [3.8, 4) is 6.07 Å². The zero-order chi connectivity index (χ0) is 22.8. The molecule has 2 rings (SSSR count). The molecular formula is C20H23N5O4S2. The van der Waals surface area contributed by atoms with Gasteiger partial charge in [-0.2, -0.15) is 5.26 Å². The van der Waals surface area contributed by atoms with Crippen LogP contribution in [0.15, 0.2) is 29.1 Å². The van der Waals surface area contributed by atoms with E-state index in [1.54, 1.807) is 44.3 Å². The van der Waals surface area contributed by atoms with Crippen molar-refractivity contribution in [3.05, 3.63) is 43.8 Å². The van der Waals surface area contributed by atoms with Crippen LogP contribution in [-0.4, -0.2) is 40.5 Å². The smallest absolute Gasteiger partial charge is 0.351 e. The van der Waals surface area contributed by atoms with E-state index in [-0.39, 0.29) is 29.0 Å². The Kier molecular flexibility index (Phi) is 9.20. The van der Waals surface area contributed by atoms with E-state index >= 15 is 0 Å². The van der Waals surface area contributed by atoms with Crippen molar-refractivity contribution in [2.24, 2.45) is 0 Å². The standard InChI is InChI=1S/C20H23N5O4S2/c1-3-25-17(27)16(31-18(25)15(11-21)19(28)29-4-2)12-23-13-5-7-14(8-6-13)24-20(30)22-9-10-26/h5-8,12,23,26H,3-4,9-10H2,1-2H3,(H2,22,24,30)/b16-12+,18-15+. The van der Waals surface area contributed by atoms with Crippen LogP contribution in [0.1, 0.15) is 13.8 Å². The van der Waals surface area contributed by atoms with E-state index in [0.29, 0.717) is 22.7 Å². The van der Waals surface area contributed by atoms with Crippen LogP contribution in [0.5, 0.6) is 0 Å². The van der Waals surface area contributed by atoms with Gasteiger partial charge in [-0.25, -0.2) is 4.79 Å². The molecule has 1 heterocycles. The predicted molar refractivity (Wildman–Crippen MR) is 125 cm³/mol. The summed E-state index contributed by atoms with van der Waals surface area (Å²) in [4.78, 5) is 24.7. The minimum Gasteiger partial charge on any atom is -0.462 e. The number of benzene rings is 1. The molecule has 0 spiro atoms. The molecule has 0 saturated carbocycles. The highest BCUT2D eigenvalue weighted by molar-refractivity contribution is 7.80. The lowest BCUT2D eigenvalue weighted by Crippen LogP contribution is -2.32. The van der Waals surface area contributed by atoms with Crippen LogP contribution in [0.4, 0.5) is 11.4 Å². The highest BCUT2D eigenvalue weighted by Crippen LogP contribution is 2.13. The van der Waals surface area contributed by atoms with E-state index in [1.807, 2.05) is 6.07 Å². The fourth-order valence-electron chi connectivity index (χ4n) is 2.52. The van der Waals surface area contributed by atoms with Gasteiger partial charge in [0.25, 0.3) is 5.56 Å². The molecule has 0 amide bonds. The molecule has 0 atom stereocenters. The van der Waals surface area contributed by atoms with E-state index in [4.69, 9.17) is 22.1 Å². The lowest BCUT2D eigenvalue weighted by molar-refractivity contribution is -0.136. The Bertz CT molecular complexity index is 1150. The minimum absolute atomic E-state index is 0.0158. The van der Waals surface area contributed by atoms with Gasteiger partial charge in [0.2, 0.25) is 0 Å². The Morgan fingerprint density at radius 3 is 2.58 bits per heavy atom. The molecule has 1 aromatic heterocycles. The molecule has 0 fully saturated rings. The number of hydrogen-bond acceptors (Lipinski definition) is 8. The summed E-state index contributed by atoms with van der Waals surface area (Å²) >= 11 is 6.16. The first-order valence-electron chi connectivity index (χ1n) is 9.48. The molecule has 0 aliphatic carbocycles. The summed E-state index contributed by atoms with van der Waals surface area (Å²) in [6.07, 6.45) is 1.54. The van der Waals surface area contributed by atoms with Crippen LogP contribution in [-0.2, 0) is 16.1 Å². The van der Waals surface area contributed by atoms with E-state index in [0.717, 1.165) is 22.7 Å². The number of aromatic nitrogens is 1. The number of carbonyl (C=O) groups is 1. The number of hydrogen-bond donors (Lipinski definition) is 4. The molecule has 31 heavy (non-hydrogen) atoms. The summed E-state index contributed by atoms with van der Waals surface area (Å²) in [7, 11) is 0. The molecule has 9 nitrogen and oxygen atoms in total. The summed E-state index contributed by atoms with van der Waals surface area (Å²) in [5.74, 6) is -0.748. The molecule has 0 aliphatic rings. The van der Waals surface area contributed by atoms with Crippen LogP contribution >= 0.6 is 23.6 Å². The Morgan fingerprint density at radius 2 is 2.00 bits per heavy atom. The van der Waals surface area contributed by atoms with Crippen molar-refractivity contribution in [2.45, 2.75) is 20.4 Å². The topological polar surface area (TPSA) is 128 Å². The molecular weight excluding hydrogens is 438 g/mol. The maximum atomic E-state index is 12.7. The van der Waals surface area contributed by atoms with E-state index in [1.165, 1.54) is 4.57 Å². The lowest BCUT2D eigenvalue weighted by atomic mass is 10.3. The Labute approximate surface area is 188 Å². The third kappa shape index (κ3) is 6.39. The van der Waals surface area contributed by atoms with Crippen molar-refractivity contribution >= 4 is 57.8 Å². The molecule has 4 N–H and O–H groups in total. The van der Waals surface area contributed by atoms with Crippen molar-refractivity contribution in [1.29, 1.82) is 5.26 Å². The number of rotatable bonds is 8. The average Bonchev–Trinajstić information content (AvgIpc) is 3.07. The van der Waals surface area contributed by atoms with Gasteiger partial charge in [-0.1, -0.05) is 0 Å². The first-order valence-corrected chi connectivity index (χ1v) is 10.7. The lowest BCUT2D eigenvalue weighted by Gasteiger charge is -2.09. The number of ether oxygens (including phenoxy) is 1. The van der Waals surface area contributed by atoms with Gasteiger partial charge < -0.3 is 25.8 Å². The fourth-order valence-corrected chi connectivity index (χ4v) is 3.82. The summed E-state index contributed by atoms with van der Waals surface area (Å²) in [6.45, 7) is 4.21. The SMILES string of the molecule is CCOC(=O)/C(C#N)=c1/s/c(=C/Nc2ccc(NC(=S)NCCO)cc2)c(=O)n1CC. The van der Waals surface area contributed by atoms with Crippen molar-refractivity contribution in [3.63, 3.8) is 0 Å². The van der Waals surface area contributed by atoms with Crippen LogP contribution in [0.3, 0.4) is 0 Å². The van der Waals surface area contributed by atoms with Gasteiger partial charge >= 0.3 is 5.97 Å². The van der Waals surface area contributed by atoms with E-state index in [2.05, 4.69) is 16.0 Å². The maximum Gasteiger partial charge on any atom is 0.351 e. The molecule has 0 bridgehead atoms. The number of aliphatic hydroxyl groups is 1. The number of thiocarbonyl (C=S) groups is 1. The first kappa shape index (κ1) is 24.1. The molecule has 0 radical (unpaired) electrons. The van der Waals surface area contributed by atoms with Gasteiger partial charge in [-0.3, -0.25) is 9.36 Å². The van der Waals surface area contributed by atoms with E-state index in [9.17, 15) is 14.9 Å². The largest absolute Gasteiger partial charge is 0.462 e. The molecule has 164 valence electrons. The average molecular weight is 462 g/mol. The number of nitriles is 1. The number of nitrogens with zero attached hydrogens (tertiary/aromatic N) is 2. The highest BCUT2D eigenvalue weighted by atomic mass is 32.1. The zero-order valence-electron chi connectivity index (χ0n) is 17.1. The molecule has 0 saturated heterocycles. The normalized spacial score (nSPS) is 12.0. The summed E-state index contributed by atoms with van der Waals surface area (Å²) in [5.41, 5.74) is 1.000. The molecule has 1 aromatic carbocycles. The number of anilines is 2. The summed E-state index contributed by atoms with van der Waals surface area (Å²) in [6, 6.07) is 9.05. The zero-order valence-corrected chi connectivity index (χ0v) is 18.7. The molecule has 11 heteroatoms. The number of nitrogens with one attached hydrogen (secondary N) is 3. The van der Waals surface area contributed by atoms with Crippen LogP contribution in [0.25, 0.3) is 11.8 Å². The van der Waals surface area contributed by atoms with Crippen LogP contribution < -0.4 is 30.7 Å². The Balaban J connectivity index is 2.28. The molecule has 0 aliphatic heterocycles. The third-order valence-electron chi connectivity index (χ3n) is 3.94. The first-order chi connectivity index (χ1) is 14.9. The Hall–Kier alpha value is -3.20. The number of thiazole rings is 1. The Morgan fingerprint density at radius 1 is 1.32 bits per heavy atom. The van der Waals surface area contributed by atoms with Gasteiger partial charge in [0.1, 0.15) is 15.3 Å². The van der Waals surface area contributed by atoms with Crippen molar-refractivity contribution < 1.29 is 14.6 Å². The fraction of sp³-hybridized carbons (Fsp3) is 0.300. The predicted octanol–water partition coefficient (Wildman–Crippen LogP) is 0.296.